The summed E-state index contributed by atoms with van der Waals surface area (Å²) in [5.41, 5.74) is -0.618. The number of amides is 1. The maximum absolute atomic E-state index is 11.0. The second-order valence-electron chi connectivity index (χ2n) is 4.63. The molecular formula is C9H17NO6S. The summed E-state index contributed by atoms with van der Waals surface area (Å²) in [6, 6.07) is 0. The smallest absolute Gasteiger partial charge is 0.407 e. The predicted molar refractivity (Wildman–Crippen MR) is 59.3 cm³/mol. The van der Waals surface area contributed by atoms with Gasteiger partial charge in [0.25, 0.3) is 10.1 Å². The molecule has 1 N–H and O–H groups in total. The van der Waals surface area contributed by atoms with Crippen molar-refractivity contribution >= 4 is 16.2 Å². The Balaban J connectivity index is 2.61. The van der Waals surface area contributed by atoms with Gasteiger partial charge in [0.05, 0.1) is 31.6 Å². The second-order valence-corrected chi connectivity index (χ2v) is 6.27. The van der Waals surface area contributed by atoms with Crippen LogP contribution in [0, 0.1) is 0 Å². The van der Waals surface area contributed by atoms with E-state index in [2.05, 4.69) is 4.18 Å². The Hall–Kier alpha value is -0.860. The maximum atomic E-state index is 11.0. The lowest BCUT2D eigenvalue weighted by Crippen LogP contribution is -2.58. The molecule has 1 amide bonds. The van der Waals surface area contributed by atoms with Crippen molar-refractivity contribution in [2.45, 2.75) is 25.5 Å². The van der Waals surface area contributed by atoms with Gasteiger partial charge in [-0.05, 0) is 13.8 Å². The Bertz CT molecular complexity index is 390. The summed E-state index contributed by atoms with van der Waals surface area (Å²) in [7, 11) is -3.54. The van der Waals surface area contributed by atoms with E-state index in [1.165, 1.54) is 4.90 Å². The van der Waals surface area contributed by atoms with Gasteiger partial charge < -0.3 is 9.84 Å². The van der Waals surface area contributed by atoms with E-state index in [-0.39, 0.29) is 19.8 Å². The highest BCUT2D eigenvalue weighted by Gasteiger charge is 2.38. The third kappa shape index (κ3) is 4.14. The van der Waals surface area contributed by atoms with Gasteiger partial charge in [-0.15, -0.1) is 0 Å². The van der Waals surface area contributed by atoms with Crippen LogP contribution in [-0.4, -0.2) is 62.2 Å². The molecule has 0 bridgehead atoms. The van der Waals surface area contributed by atoms with E-state index < -0.39 is 27.9 Å². The van der Waals surface area contributed by atoms with Crippen molar-refractivity contribution in [3.8, 4) is 0 Å². The van der Waals surface area contributed by atoms with Crippen LogP contribution in [0.15, 0.2) is 0 Å². The number of carbonyl (C=O) groups is 1. The summed E-state index contributed by atoms with van der Waals surface area (Å²) in [4.78, 5) is 12.3. The zero-order valence-electron chi connectivity index (χ0n) is 10.0. The Morgan fingerprint density at radius 3 is 2.65 bits per heavy atom. The van der Waals surface area contributed by atoms with Crippen molar-refractivity contribution in [2.24, 2.45) is 0 Å². The van der Waals surface area contributed by atoms with Crippen molar-refractivity contribution in [1.29, 1.82) is 0 Å². The van der Waals surface area contributed by atoms with Crippen molar-refractivity contribution in [3.63, 3.8) is 0 Å². The standard InChI is InChI=1S/C9H17NO6S/c1-9(2)6-15-7(4-10(9)8(11)12)5-16-17(3,13)14/h7H,4-6H2,1-3H3,(H,11,12). The monoisotopic (exact) mass is 267 g/mol. The van der Waals surface area contributed by atoms with Gasteiger partial charge in [0.15, 0.2) is 0 Å². The lowest BCUT2D eigenvalue weighted by atomic mass is 10.0. The van der Waals surface area contributed by atoms with Crippen LogP contribution in [0.4, 0.5) is 4.79 Å². The van der Waals surface area contributed by atoms with Gasteiger partial charge in [-0.25, -0.2) is 4.79 Å². The van der Waals surface area contributed by atoms with Gasteiger partial charge in [-0.3, -0.25) is 9.08 Å². The molecule has 0 aromatic rings. The lowest BCUT2D eigenvalue weighted by molar-refractivity contribution is -0.0971. The number of ether oxygens (including phenoxy) is 1. The fourth-order valence-electron chi connectivity index (χ4n) is 1.54. The molecule has 0 aliphatic carbocycles. The van der Waals surface area contributed by atoms with Crippen LogP contribution >= 0.6 is 0 Å². The fourth-order valence-corrected chi connectivity index (χ4v) is 1.94. The minimum absolute atomic E-state index is 0.0951. The number of hydrogen-bond acceptors (Lipinski definition) is 5. The molecule has 1 rings (SSSR count). The van der Waals surface area contributed by atoms with Gasteiger partial charge in [0, 0.05) is 0 Å². The number of morpholine rings is 1. The molecule has 0 aromatic heterocycles. The molecule has 0 spiro atoms. The molecular weight excluding hydrogens is 250 g/mol. The van der Waals surface area contributed by atoms with Crippen molar-refractivity contribution < 1.29 is 27.2 Å². The highest BCUT2D eigenvalue weighted by Crippen LogP contribution is 2.22. The third-order valence-corrected chi connectivity index (χ3v) is 3.05. The molecule has 1 saturated heterocycles. The molecule has 17 heavy (non-hydrogen) atoms. The Kier molecular flexibility index (Phi) is 4.00. The molecule has 1 aliphatic rings. The van der Waals surface area contributed by atoms with E-state index in [0.29, 0.717) is 0 Å². The van der Waals surface area contributed by atoms with Crippen LogP contribution in [0.3, 0.4) is 0 Å². The first-order valence-electron chi connectivity index (χ1n) is 5.08. The summed E-state index contributed by atoms with van der Waals surface area (Å²) < 4.78 is 31.6. The first-order valence-corrected chi connectivity index (χ1v) is 6.90. The number of carboxylic acid groups (broad SMARTS) is 1. The normalized spacial score (nSPS) is 24.6. The summed E-state index contributed by atoms with van der Waals surface area (Å²) in [5.74, 6) is 0. The molecule has 1 unspecified atom stereocenters. The van der Waals surface area contributed by atoms with Crippen molar-refractivity contribution in [3.05, 3.63) is 0 Å². The van der Waals surface area contributed by atoms with Crippen LogP contribution < -0.4 is 0 Å². The van der Waals surface area contributed by atoms with E-state index in [1.54, 1.807) is 13.8 Å². The largest absolute Gasteiger partial charge is 0.465 e. The highest BCUT2D eigenvalue weighted by molar-refractivity contribution is 7.85. The molecule has 7 nitrogen and oxygen atoms in total. The molecule has 0 saturated carbocycles. The van der Waals surface area contributed by atoms with Gasteiger partial charge in [-0.1, -0.05) is 0 Å². The molecule has 0 radical (unpaired) electrons. The first-order chi connectivity index (χ1) is 7.62. The lowest BCUT2D eigenvalue weighted by Gasteiger charge is -2.43. The average Bonchev–Trinajstić information content (AvgIpc) is 2.13. The first kappa shape index (κ1) is 14.2. The van der Waals surface area contributed by atoms with E-state index >= 15 is 0 Å². The van der Waals surface area contributed by atoms with E-state index in [9.17, 15) is 13.2 Å². The Morgan fingerprint density at radius 1 is 1.59 bits per heavy atom. The molecule has 1 fully saturated rings. The fraction of sp³-hybridized carbons (Fsp3) is 0.889. The highest BCUT2D eigenvalue weighted by atomic mass is 32.2. The van der Waals surface area contributed by atoms with E-state index in [1.807, 2.05) is 0 Å². The quantitative estimate of drug-likeness (QED) is 0.730. The van der Waals surface area contributed by atoms with Crippen LogP contribution in [0.25, 0.3) is 0 Å². The molecule has 8 heteroatoms. The number of nitrogens with zero attached hydrogens (tertiary/aromatic N) is 1. The molecule has 1 heterocycles. The Labute approximate surface area is 100 Å². The second kappa shape index (κ2) is 4.79. The minimum Gasteiger partial charge on any atom is -0.465 e. The SMILES string of the molecule is CC1(C)COC(COS(C)(=O)=O)CN1C(=O)O. The van der Waals surface area contributed by atoms with Crippen LogP contribution in [0.2, 0.25) is 0 Å². The molecule has 100 valence electrons. The van der Waals surface area contributed by atoms with Crippen LogP contribution in [0.5, 0.6) is 0 Å². The van der Waals surface area contributed by atoms with E-state index in [0.717, 1.165) is 6.26 Å². The van der Waals surface area contributed by atoms with Gasteiger partial charge in [0.1, 0.15) is 6.10 Å². The number of rotatable bonds is 3. The van der Waals surface area contributed by atoms with Crippen LogP contribution in [-0.2, 0) is 19.0 Å². The topological polar surface area (TPSA) is 93.1 Å². The van der Waals surface area contributed by atoms with Gasteiger partial charge in [-0.2, -0.15) is 8.42 Å². The van der Waals surface area contributed by atoms with E-state index in [4.69, 9.17) is 9.84 Å². The van der Waals surface area contributed by atoms with Crippen molar-refractivity contribution in [2.75, 3.05) is 26.0 Å². The average molecular weight is 267 g/mol. The maximum Gasteiger partial charge on any atom is 0.407 e. The molecule has 1 aliphatic heterocycles. The zero-order valence-corrected chi connectivity index (χ0v) is 10.9. The zero-order chi connectivity index (χ0) is 13.3. The molecule has 0 aromatic carbocycles. The van der Waals surface area contributed by atoms with Crippen LogP contribution in [0.1, 0.15) is 13.8 Å². The minimum atomic E-state index is -3.54. The molecule has 1 atom stereocenters. The summed E-state index contributed by atoms with van der Waals surface area (Å²) in [6.07, 6.45) is -0.675. The summed E-state index contributed by atoms with van der Waals surface area (Å²) in [6.45, 7) is 3.62. The third-order valence-electron chi connectivity index (χ3n) is 2.49. The predicted octanol–water partition coefficient (Wildman–Crippen LogP) is 0.120. The summed E-state index contributed by atoms with van der Waals surface area (Å²) >= 11 is 0. The number of hydrogen-bond donors (Lipinski definition) is 1. The van der Waals surface area contributed by atoms with Gasteiger partial charge >= 0.3 is 6.09 Å². The summed E-state index contributed by atoms with van der Waals surface area (Å²) in [5, 5.41) is 9.03. The Morgan fingerprint density at radius 2 is 2.18 bits per heavy atom. The van der Waals surface area contributed by atoms with Gasteiger partial charge in [0.2, 0.25) is 0 Å². The van der Waals surface area contributed by atoms with Crippen molar-refractivity contribution in [1.82, 2.24) is 4.90 Å².